The van der Waals surface area contributed by atoms with Crippen LogP contribution in [0.3, 0.4) is 0 Å². The van der Waals surface area contributed by atoms with Crippen molar-refractivity contribution in [3.63, 3.8) is 0 Å². The molecule has 6 heteroatoms. The molecule has 0 amide bonds. The molecule has 6 nitrogen and oxygen atoms in total. The van der Waals surface area contributed by atoms with Gasteiger partial charge in [-0.25, -0.2) is 9.97 Å². The molecule has 0 aromatic carbocycles. The topological polar surface area (TPSA) is 64.9 Å². The van der Waals surface area contributed by atoms with E-state index < -0.39 is 0 Å². The van der Waals surface area contributed by atoms with Crippen molar-refractivity contribution in [3.8, 4) is 17.0 Å². The van der Waals surface area contributed by atoms with Crippen LogP contribution in [-0.4, -0.2) is 33.4 Å². The van der Waals surface area contributed by atoms with Crippen LogP contribution in [0.1, 0.15) is 20.3 Å². The minimum atomic E-state index is 0.659. The van der Waals surface area contributed by atoms with Gasteiger partial charge in [0.15, 0.2) is 11.6 Å². The maximum atomic E-state index is 5.45. The molecular weight excluding hydrogens is 242 g/mol. The molecule has 2 aromatic rings. The van der Waals surface area contributed by atoms with Gasteiger partial charge >= 0.3 is 0 Å². The molecule has 0 fully saturated rings. The lowest BCUT2D eigenvalue weighted by molar-refractivity contribution is 0.414. The molecule has 0 atom stereocenters. The second-order valence-electron chi connectivity index (χ2n) is 4.12. The minimum Gasteiger partial charge on any atom is -0.491 e. The van der Waals surface area contributed by atoms with E-state index in [2.05, 4.69) is 27.3 Å². The predicted molar refractivity (Wildman–Crippen MR) is 74.3 cm³/mol. The van der Waals surface area contributed by atoms with E-state index in [1.165, 1.54) is 0 Å². The number of aryl methyl sites for hydroxylation is 1. The lowest BCUT2D eigenvalue weighted by Gasteiger charge is -2.11. The Morgan fingerprint density at radius 1 is 1.32 bits per heavy atom. The summed E-state index contributed by atoms with van der Waals surface area (Å²) in [6.07, 6.45) is 6.31. The van der Waals surface area contributed by atoms with E-state index in [1.54, 1.807) is 19.6 Å². The predicted octanol–water partition coefficient (Wildman–Crippen LogP) is 2.19. The van der Waals surface area contributed by atoms with E-state index >= 15 is 0 Å². The van der Waals surface area contributed by atoms with Gasteiger partial charge in [-0.15, -0.1) is 0 Å². The van der Waals surface area contributed by atoms with Crippen molar-refractivity contribution in [3.05, 3.63) is 18.7 Å². The number of nitrogens with zero attached hydrogens (tertiary/aromatic N) is 4. The largest absolute Gasteiger partial charge is 0.491 e. The normalized spacial score (nSPS) is 10.5. The standard InChI is InChI=1S/C13H19N5O/c1-4-6-14-13-12(19-3)11(15-9-16-13)10-7-17-18(5-2)8-10/h7-9H,4-6H2,1-3H3,(H,14,15,16). The number of nitrogens with one attached hydrogen (secondary N) is 1. The van der Waals surface area contributed by atoms with Crippen molar-refractivity contribution in [2.45, 2.75) is 26.8 Å². The molecule has 2 rings (SSSR count). The van der Waals surface area contributed by atoms with Crippen molar-refractivity contribution in [2.75, 3.05) is 19.0 Å². The fourth-order valence-electron chi connectivity index (χ4n) is 1.80. The Bertz CT molecular complexity index is 538. The highest BCUT2D eigenvalue weighted by Gasteiger charge is 2.14. The van der Waals surface area contributed by atoms with Gasteiger partial charge in [-0.05, 0) is 13.3 Å². The van der Waals surface area contributed by atoms with E-state index in [0.717, 1.165) is 36.6 Å². The molecule has 0 aliphatic rings. The summed E-state index contributed by atoms with van der Waals surface area (Å²) in [5, 5.41) is 7.50. The molecule has 0 saturated carbocycles. The van der Waals surface area contributed by atoms with E-state index in [0.29, 0.717) is 5.75 Å². The highest BCUT2D eigenvalue weighted by Crippen LogP contribution is 2.32. The average Bonchev–Trinajstić information content (AvgIpc) is 2.93. The van der Waals surface area contributed by atoms with Gasteiger partial charge in [0.05, 0.1) is 13.3 Å². The van der Waals surface area contributed by atoms with Crippen molar-refractivity contribution >= 4 is 5.82 Å². The van der Waals surface area contributed by atoms with Gasteiger partial charge in [0, 0.05) is 24.8 Å². The Morgan fingerprint density at radius 3 is 2.79 bits per heavy atom. The number of rotatable bonds is 6. The van der Waals surface area contributed by atoms with Gasteiger partial charge in [0.25, 0.3) is 0 Å². The van der Waals surface area contributed by atoms with E-state index in [9.17, 15) is 0 Å². The van der Waals surface area contributed by atoms with E-state index in [-0.39, 0.29) is 0 Å². The summed E-state index contributed by atoms with van der Waals surface area (Å²) in [4.78, 5) is 8.53. The SMILES string of the molecule is CCCNc1ncnc(-c2cnn(CC)c2)c1OC. The highest BCUT2D eigenvalue weighted by atomic mass is 16.5. The van der Waals surface area contributed by atoms with Crippen molar-refractivity contribution < 1.29 is 4.74 Å². The fraction of sp³-hybridized carbons (Fsp3) is 0.462. The Morgan fingerprint density at radius 2 is 2.16 bits per heavy atom. The van der Waals surface area contributed by atoms with Crippen LogP contribution < -0.4 is 10.1 Å². The maximum absolute atomic E-state index is 5.45. The zero-order valence-corrected chi connectivity index (χ0v) is 11.6. The molecular formula is C13H19N5O. The Labute approximate surface area is 112 Å². The molecule has 0 saturated heterocycles. The number of methoxy groups -OCH3 is 1. The zero-order chi connectivity index (χ0) is 13.7. The van der Waals surface area contributed by atoms with Gasteiger partial charge in [-0.1, -0.05) is 6.92 Å². The number of hydrogen-bond acceptors (Lipinski definition) is 5. The first-order valence-corrected chi connectivity index (χ1v) is 6.45. The summed E-state index contributed by atoms with van der Waals surface area (Å²) in [6.45, 7) is 5.82. The molecule has 2 heterocycles. The number of aromatic nitrogens is 4. The summed E-state index contributed by atoms with van der Waals surface area (Å²) >= 11 is 0. The second-order valence-corrected chi connectivity index (χ2v) is 4.12. The number of ether oxygens (including phenoxy) is 1. The molecule has 2 aromatic heterocycles. The first-order valence-electron chi connectivity index (χ1n) is 6.45. The molecule has 0 spiro atoms. The van der Waals surface area contributed by atoms with Crippen LogP contribution >= 0.6 is 0 Å². The van der Waals surface area contributed by atoms with Crippen molar-refractivity contribution in [1.29, 1.82) is 0 Å². The monoisotopic (exact) mass is 261 g/mol. The Kier molecular flexibility index (Phi) is 4.33. The Balaban J connectivity index is 2.38. The third kappa shape index (κ3) is 2.83. The summed E-state index contributed by atoms with van der Waals surface area (Å²) in [5.74, 6) is 1.38. The first-order chi connectivity index (χ1) is 9.30. The quantitative estimate of drug-likeness (QED) is 0.863. The average molecular weight is 261 g/mol. The highest BCUT2D eigenvalue weighted by molar-refractivity contribution is 5.71. The third-order valence-electron chi connectivity index (χ3n) is 2.78. The van der Waals surface area contributed by atoms with Gasteiger partial charge in [0.2, 0.25) is 0 Å². The van der Waals surface area contributed by atoms with Crippen LogP contribution in [0.15, 0.2) is 18.7 Å². The van der Waals surface area contributed by atoms with Crippen molar-refractivity contribution in [2.24, 2.45) is 0 Å². The van der Waals surface area contributed by atoms with Crippen LogP contribution in [0.2, 0.25) is 0 Å². The van der Waals surface area contributed by atoms with Gasteiger partial charge in [-0.3, -0.25) is 4.68 Å². The lowest BCUT2D eigenvalue weighted by Crippen LogP contribution is -2.05. The number of hydrogen-bond donors (Lipinski definition) is 1. The fourth-order valence-corrected chi connectivity index (χ4v) is 1.80. The molecule has 19 heavy (non-hydrogen) atoms. The summed E-state index contributed by atoms with van der Waals surface area (Å²) in [6, 6.07) is 0. The van der Waals surface area contributed by atoms with Gasteiger partial charge in [-0.2, -0.15) is 5.10 Å². The van der Waals surface area contributed by atoms with Crippen LogP contribution in [0.25, 0.3) is 11.3 Å². The third-order valence-corrected chi connectivity index (χ3v) is 2.78. The van der Waals surface area contributed by atoms with Crippen LogP contribution in [0, 0.1) is 0 Å². The summed E-state index contributed by atoms with van der Waals surface area (Å²) in [5.41, 5.74) is 1.69. The van der Waals surface area contributed by atoms with Crippen LogP contribution in [-0.2, 0) is 6.54 Å². The number of anilines is 1. The maximum Gasteiger partial charge on any atom is 0.187 e. The first kappa shape index (κ1) is 13.3. The van der Waals surface area contributed by atoms with Gasteiger partial charge in [0.1, 0.15) is 12.0 Å². The van der Waals surface area contributed by atoms with Gasteiger partial charge < -0.3 is 10.1 Å². The second kappa shape index (κ2) is 6.17. The summed E-state index contributed by atoms with van der Waals surface area (Å²) < 4.78 is 7.30. The molecule has 0 aliphatic heterocycles. The Hall–Kier alpha value is -2.11. The van der Waals surface area contributed by atoms with Crippen molar-refractivity contribution in [1.82, 2.24) is 19.7 Å². The molecule has 102 valence electrons. The molecule has 0 aliphatic carbocycles. The summed E-state index contributed by atoms with van der Waals surface area (Å²) in [7, 11) is 1.63. The van der Waals surface area contributed by atoms with E-state index in [1.807, 2.05) is 17.8 Å². The molecule has 1 N–H and O–H groups in total. The smallest absolute Gasteiger partial charge is 0.187 e. The minimum absolute atomic E-state index is 0.659. The zero-order valence-electron chi connectivity index (χ0n) is 11.6. The molecule has 0 bridgehead atoms. The lowest BCUT2D eigenvalue weighted by atomic mass is 10.2. The molecule has 0 unspecified atom stereocenters. The van der Waals surface area contributed by atoms with Crippen LogP contribution in [0.5, 0.6) is 5.75 Å². The molecule has 0 radical (unpaired) electrons. The van der Waals surface area contributed by atoms with E-state index in [4.69, 9.17) is 4.74 Å². The van der Waals surface area contributed by atoms with Crippen LogP contribution in [0.4, 0.5) is 5.82 Å².